The first-order valence-electron chi connectivity index (χ1n) is 9.83. The van der Waals surface area contributed by atoms with Crippen LogP contribution in [0, 0.1) is 0 Å². The molecule has 0 fully saturated rings. The van der Waals surface area contributed by atoms with E-state index in [0.717, 1.165) is 16.3 Å². The fraction of sp³-hybridized carbons (Fsp3) is 0.261. The number of anilines is 1. The van der Waals surface area contributed by atoms with Gasteiger partial charge in [0.2, 0.25) is 5.91 Å². The summed E-state index contributed by atoms with van der Waals surface area (Å²) < 4.78 is 5.50. The molecular formula is C23H26N4O3. The number of fused-ring (bicyclic) bond motifs is 1. The predicted octanol–water partition coefficient (Wildman–Crippen LogP) is 2.23. The van der Waals surface area contributed by atoms with Gasteiger partial charge in [-0.05, 0) is 42.5 Å². The molecule has 2 atom stereocenters. The molecule has 7 heteroatoms. The van der Waals surface area contributed by atoms with Crippen LogP contribution in [-0.2, 0) is 16.0 Å². The molecular weight excluding hydrogens is 380 g/mol. The molecule has 0 saturated heterocycles. The SMILES string of the molecule is C[C@H](NC(=O)[C@H](N)COc1ccccc1)C(=O)CCc1ccc2c(N)nccc2c1. The van der Waals surface area contributed by atoms with Gasteiger partial charge in [0.25, 0.3) is 0 Å². The molecule has 0 aliphatic rings. The van der Waals surface area contributed by atoms with Gasteiger partial charge in [-0.15, -0.1) is 0 Å². The summed E-state index contributed by atoms with van der Waals surface area (Å²) in [6.07, 6.45) is 2.54. The quantitative estimate of drug-likeness (QED) is 0.501. The Labute approximate surface area is 175 Å². The molecule has 0 unspecified atom stereocenters. The normalized spacial score (nSPS) is 12.9. The van der Waals surface area contributed by atoms with Crippen molar-refractivity contribution in [1.82, 2.24) is 10.3 Å². The van der Waals surface area contributed by atoms with Gasteiger partial charge < -0.3 is 21.5 Å². The van der Waals surface area contributed by atoms with Gasteiger partial charge in [0, 0.05) is 18.0 Å². The number of benzene rings is 2. The van der Waals surface area contributed by atoms with Crippen LogP contribution in [0.3, 0.4) is 0 Å². The number of nitrogens with one attached hydrogen (secondary N) is 1. The average Bonchev–Trinajstić information content (AvgIpc) is 2.76. The molecule has 0 saturated carbocycles. The number of carbonyl (C=O) groups excluding carboxylic acids is 2. The zero-order valence-electron chi connectivity index (χ0n) is 16.9. The largest absolute Gasteiger partial charge is 0.491 e. The second kappa shape index (κ2) is 9.84. The number of ketones is 1. The van der Waals surface area contributed by atoms with E-state index >= 15 is 0 Å². The number of rotatable bonds is 9. The van der Waals surface area contributed by atoms with Crippen LogP contribution in [0.1, 0.15) is 18.9 Å². The summed E-state index contributed by atoms with van der Waals surface area (Å²) in [7, 11) is 0. The number of nitrogen functional groups attached to an aromatic ring is 1. The summed E-state index contributed by atoms with van der Waals surface area (Å²) in [5.41, 5.74) is 12.8. The molecule has 3 aromatic rings. The van der Waals surface area contributed by atoms with E-state index in [1.165, 1.54) is 0 Å². The number of nitrogens with zero attached hydrogens (tertiary/aromatic N) is 1. The van der Waals surface area contributed by atoms with Crippen molar-refractivity contribution in [2.75, 3.05) is 12.3 Å². The molecule has 1 amide bonds. The highest BCUT2D eigenvalue weighted by Gasteiger charge is 2.20. The van der Waals surface area contributed by atoms with Crippen LogP contribution in [0.5, 0.6) is 5.75 Å². The van der Waals surface area contributed by atoms with Crippen molar-refractivity contribution in [2.24, 2.45) is 5.73 Å². The minimum atomic E-state index is -0.861. The third-order valence-corrected chi connectivity index (χ3v) is 4.87. The maximum atomic E-state index is 12.5. The third kappa shape index (κ3) is 5.55. The molecule has 5 N–H and O–H groups in total. The fourth-order valence-corrected chi connectivity index (χ4v) is 3.07. The number of pyridine rings is 1. The number of Topliss-reactive ketones (excluding diaryl/α,β-unsaturated/α-hetero) is 1. The van der Waals surface area contributed by atoms with Crippen molar-refractivity contribution in [3.8, 4) is 5.75 Å². The molecule has 0 radical (unpaired) electrons. The van der Waals surface area contributed by atoms with Crippen molar-refractivity contribution in [1.29, 1.82) is 0 Å². The molecule has 0 aliphatic carbocycles. The lowest BCUT2D eigenvalue weighted by Gasteiger charge is -2.17. The first kappa shape index (κ1) is 21.3. The van der Waals surface area contributed by atoms with Gasteiger partial charge in [0.15, 0.2) is 5.78 Å². The number of hydrogen-bond donors (Lipinski definition) is 3. The van der Waals surface area contributed by atoms with Crippen LogP contribution in [-0.4, -0.2) is 35.4 Å². The summed E-state index contributed by atoms with van der Waals surface area (Å²) in [4.78, 5) is 28.8. The molecule has 156 valence electrons. The van der Waals surface area contributed by atoms with Crippen molar-refractivity contribution in [3.63, 3.8) is 0 Å². The van der Waals surface area contributed by atoms with E-state index in [4.69, 9.17) is 16.2 Å². The Morgan fingerprint density at radius 3 is 2.67 bits per heavy atom. The Morgan fingerprint density at radius 1 is 1.13 bits per heavy atom. The van der Waals surface area contributed by atoms with Crippen LogP contribution >= 0.6 is 0 Å². The Kier molecular flexibility index (Phi) is 6.98. The number of amides is 1. The van der Waals surface area contributed by atoms with Gasteiger partial charge in [-0.3, -0.25) is 9.59 Å². The Bertz CT molecular complexity index is 1020. The smallest absolute Gasteiger partial charge is 0.241 e. The molecule has 7 nitrogen and oxygen atoms in total. The minimum absolute atomic E-state index is 0.0336. The Balaban J connectivity index is 1.47. The van der Waals surface area contributed by atoms with Crippen LogP contribution in [0.25, 0.3) is 10.8 Å². The summed E-state index contributed by atoms with van der Waals surface area (Å²) in [5.74, 6) is 0.645. The standard InChI is InChI=1S/C23H26N4O3/c1-15(27-23(29)20(24)14-30-18-5-3-2-4-6-18)21(28)10-8-16-7-9-19-17(13-16)11-12-26-22(19)25/h2-7,9,11-13,15,20H,8,10,14,24H2,1H3,(H2,25,26)(H,27,29)/t15-,20+/m0/s1. The van der Waals surface area contributed by atoms with Crippen molar-refractivity contribution >= 4 is 28.3 Å². The molecule has 0 aliphatic heterocycles. The van der Waals surface area contributed by atoms with Crippen molar-refractivity contribution in [2.45, 2.75) is 31.8 Å². The maximum absolute atomic E-state index is 12.5. The van der Waals surface area contributed by atoms with E-state index in [0.29, 0.717) is 24.4 Å². The first-order chi connectivity index (χ1) is 14.4. The number of hydrogen-bond acceptors (Lipinski definition) is 6. The highest BCUT2D eigenvalue weighted by Crippen LogP contribution is 2.20. The lowest BCUT2D eigenvalue weighted by molar-refractivity contribution is -0.128. The number of aromatic nitrogens is 1. The maximum Gasteiger partial charge on any atom is 0.241 e. The Morgan fingerprint density at radius 2 is 1.90 bits per heavy atom. The van der Waals surface area contributed by atoms with Crippen LogP contribution in [0.2, 0.25) is 0 Å². The molecule has 1 heterocycles. The van der Waals surface area contributed by atoms with Gasteiger partial charge in [0.1, 0.15) is 24.2 Å². The number of carbonyl (C=O) groups is 2. The molecule has 0 spiro atoms. The number of aryl methyl sites for hydroxylation is 1. The summed E-state index contributed by atoms with van der Waals surface area (Å²) in [6.45, 7) is 1.70. The Hall–Kier alpha value is -3.45. The van der Waals surface area contributed by atoms with E-state index in [9.17, 15) is 9.59 Å². The third-order valence-electron chi connectivity index (χ3n) is 4.87. The van der Waals surface area contributed by atoms with Gasteiger partial charge in [-0.2, -0.15) is 0 Å². The number of para-hydroxylation sites is 1. The van der Waals surface area contributed by atoms with E-state index in [1.54, 1.807) is 25.3 Å². The minimum Gasteiger partial charge on any atom is -0.491 e. The van der Waals surface area contributed by atoms with E-state index < -0.39 is 18.0 Å². The average molecular weight is 406 g/mol. The molecule has 30 heavy (non-hydrogen) atoms. The van der Waals surface area contributed by atoms with E-state index in [2.05, 4.69) is 10.3 Å². The zero-order chi connectivity index (χ0) is 21.5. The van der Waals surface area contributed by atoms with Gasteiger partial charge in [0.05, 0.1) is 6.04 Å². The second-order valence-corrected chi connectivity index (χ2v) is 7.18. The predicted molar refractivity (Wildman–Crippen MR) is 117 cm³/mol. The molecule has 1 aromatic heterocycles. The van der Waals surface area contributed by atoms with Crippen LogP contribution in [0.4, 0.5) is 5.82 Å². The van der Waals surface area contributed by atoms with E-state index in [1.807, 2.05) is 42.5 Å². The van der Waals surface area contributed by atoms with E-state index in [-0.39, 0.29) is 12.4 Å². The molecule has 3 rings (SSSR count). The van der Waals surface area contributed by atoms with Gasteiger partial charge in [-0.25, -0.2) is 4.98 Å². The summed E-state index contributed by atoms with van der Waals surface area (Å²) in [6, 6.07) is 15.4. The van der Waals surface area contributed by atoms with Gasteiger partial charge >= 0.3 is 0 Å². The summed E-state index contributed by atoms with van der Waals surface area (Å²) in [5, 5.41) is 4.54. The topological polar surface area (TPSA) is 120 Å². The zero-order valence-corrected chi connectivity index (χ0v) is 16.9. The first-order valence-corrected chi connectivity index (χ1v) is 9.83. The lowest BCUT2D eigenvalue weighted by atomic mass is 10.0. The molecule has 2 aromatic carbocycles. The van der Waals surface area contributed by atoms with Crippen LogP contribution < -0.4 is 21.5 Å². The summed E-state index contributed by atoms with van der Waals surface area (Å²) >= 11 is 0. The number of ether oxygens (including phenoxy) is 1. The van der Waals surface area contributed by atoms with Crippen molar-refractivity contribution < 1.29 is 14.3 Å². The highest BCUT2D eigenvalue weighted by atomic mass is 16.5. The van der Waals surface area contributed by atoms with Crippen molar-refractivity contribution in [3.05, 3.63) is 66.4 Å². The van der Waals surface area contributed by atoms with Gasteiger partial charge in [-0.1, -0.05) is 36.4 Å². The van der Waals surface area contributed by atoms with Crippen LogP contribution in [0.15, 0.2) is 60.8 Å². The second-order valence-electron chi connectivity index (χ2n) is 7.18. The lowest BCUT2D eigenvalue weighted by Crippen LogP contribution is -2.49. The molecule has 0 bridgehead atoms. The fourth-order valence-electron chi connectivity index (χ4n) is 3.07. The monoisotopic (exact) mass is 406 g/mol. The highest BCUT2D eigenvalue weighted by molar-refractivity contribution is 5.92. The number of nitrogens with two attached hydrogens (primary N) is 2.